The van der Waals surface area contributed by atoms with Gasteiger partial charge in [0.15, 0.2) is 0 Å². The van der Waals surface area contributed by atoms with Crippen LogP contribution in [0.25, 0.3) is 0 Å². The summed E-state index contributed by atoms with van der Waals surface area (Å²) in [6.45, 7) is 2.08. The molecular weight excluding hydrogens is 188 g/mol. The van der Waals surface area contributed by atoms with E-state index in [9.17, 15) is 4.79 Å². The number of anilines is 1. The number of allylic oxidation sites excluding steroid dienone is 2. The molecule has 1 spiro atoms. The molecule has 1 aliphatic heterocycles. The van der Waals surface area contributed by atoms with E-state index in [1.54, 1.807) is 6.20 Å². The van der Waals surface area contributed by atoms with E-state index in [4.69, 9.17) is 0 Å². The standard InChI is InChI=1S/C12H12N2O/c1-8-4-5-12(7-8)9-3-2-6-13-10(9)14-11(12)15/h2-4,6H,5,7H2,1H3,(H,13,14,15). The maximum atomic E-state index is 12.0. The fourth-order valence-corrected chi connectivity index (χ4v) is 2.59. The number of hydrogen-bond acceptors (Lipinski definition) is 2. The molecule has 2 heterocycles. The predicted octanol–water partition coefficient (Wildman–Crippen LogP) is 2.01. The highest BCUT2D eigenvalue weighted by Gasteiger charge is 2.48. The molecule has 0 aromatic carbocycles. The summed E-state index contributed by atoms with van der Waals surface area (Å²) in [5.74, 6) is 0.843. The average molecular weight is 200 g/mol. The Morgan fingerprint density at radius 2 is 2.40 bits per heavy atom. The second-order valence-electron chi connectivity index (χ2n) is 4.37. The molecule has 0 saturated carbocycles. The van der Waals surface area contributed by atoms with Gasteiger partial charge in [-0.1, -0.05) is 17.7 Å². The molecule has 1 aromatic rings. The first-order chi connectivity index (χ1) is 7.22. The Kier molecular flexibility index (Phi) is 1.55. The Morgan fingerprint density at radius 3 is 3.13 bits per heavy atom. The zero-order valence-corrected chi connectivity index (χ0v) is 8.58. The fraction of sp³-hybridized carbons (Fsp3) is 0.333. The van der Waals surface area contributed by atoms with Gasteiger partial charge in [-0.05, 0) is 25.8 Å². The van der Waals surface area contributed by atoms with Gasteiger partial charge >= 0.3 is 0 Å². The van der Waals surface area contributed by atoms with E-state index in [1.165, 1.54) is 5.57 Å². The molecule has 1 N–H and O–H groups in total. The number of pyridine rings is 1. The highest BCUT2D eigenvalue weighted by molar-refractivity contribution is 6.05. The molecule has 76 valence electrons. The average Bonchev–Trinajstić information content (AvgIpc) is 2.73. The van der Waals surface area contributed by atoms with Gasteiger partial charge in [0.1, 0.15) is 5.82 Å². The Bertz CT molecular complexity index is 478. The van der Waals surface area contributed by atoms with Gasteiger partial charge in [-0.15, -0.1) is 0 Å². The van der Waals surface area contributed by atoms with Crippen molar-refractivity contribution < 1.29 is 4.79 Å². The number of nitrogens with one attached hydrogen (secondary N) is 1. The number of rotatable bonds is 0. The number of aromatic nitrogens is 1. The van der Waals surface area contributed by atoms with Crippen LogP contribution in [0, 0.1) is 0 Å². The maximum Gasteiger partial charge on any atom is 0.236 e. The molecule has 15 heavy (non-hydrogen) atoms. The molecule has 2 aliphatic rings. The van der Waals surface area contributed by atoms with Crippen LogP contribution in [0.4, 0.5) is 5.82 Å². The van der Waals surface area contributed by atoms with E-state index < -0.39 is 0 Å². The Labute approximate surface area is 88.2 Å². The molecule has 0 bridgehead atoms. The third kappa shape index (κ3) is 1.00. The molecule has 0 saturated heterocycles. The van der Waals surface area contributed by atoms with Gasteiger partial charge in [0, 0.05) is 11.8 Å². The molecule has 3 rings (SSSR count). The first-order valence-electron chi connectivity index (χ1n) is 5.15. The summed E-state index contributed by atoms with van der Waals surface area (Å²) in [6.07, 6.45) is 5.51. The monoisotopic (exact) mass is 200 g/mol. The highest BCUT2D eigenvalue weighted by atomic mass is 16.2. The van der Waals surface area contributed by atoms with Gasteiger partial charge in [0.25, 0.3) is 0 Å². The minimum absolute atomic E-state index is 0.101. The van der Waals surface area contributed by atoms with Crippen molar-refractivity contribution in [3.8, 4) is 0 Å². The maximum absolute atomic E-state index is 12.0. The molecule has 0 radical (unpaired) electrons. The van der Waals surface area contributed by atoms with Crippen molar-refractivity contribution in [2.75, 3.05) is 5.32 Å². The number of nitrogens with zero attached hydrogens (tertiary/aromatic N) is 1. The molecule has 3 nitrogen and oxygen atoms in total. The van der Waals surface area contributed by atoms with Crippen LogP contribution in [0.1, 0.15) is 25.3 Å². The van der Waals surface area contributed by atoms with Gasteiger partial charge in [0.05, 0.1) is 5.41 Å². The van der Waals surface area contributed by atoms with Crippen molar-refractivity contribution in [3.05, 3.63) is 35.5 Å². The Balaban J connectivity index is 2.15. The zero-order chi connectivity index (χ0) is 10.5. The van der Waals surface area contributed by atoms with Gasteiger partial charge in [-0.25, -0.2) is 4.98 Å². The lowest BCUT2D eigenvalue weighted by molar-refractivity contribution is -0.120. The number of carbonyl (C=O) groups is 1. The predicted molar refractivity (Wildman–Crippen MR) is 57.5 cm³/mol. The number of carbonyl (C=O) groups excluding carboxylic acids is 1. The topological polar surface area (TPSA) is 42.0 Å². The van der Waals surface area contributed by atoms with Crippen LogP contribution < -0.4 is 5.32 Å². The quantitative estimate of drug-likeness (QED) is 0.651. The summed E-state index contributed by atoms with van der Waals surface area (Å²) in [6, 6.07) is 3.90. The van der Waals surface area contributed by atoms with Gasteiger partial charge < -0.3 is 5.32 Å². The number of hydrogen-bond donors (Lipinski definition) is 1. The first kappa shape index (κ1) is 8.65. The van der Waals surface area contributed by atoms with E-state index in [0.29, 0.717) is 0 Å². The minimum Gasteiger partial charge on any atom is -0.310 e. The number of amides is 1. The third-order valence-electron chi connectivity index (χ3n) is 3.37. The molecular formula is C12H12N2O. The van der Waals surface area contributed by atoms with Crippen LogP contribution in [0.5, 0.6) is 0 Å². The summed E-state index contributed by atoms with van der Waals surface area (Å²) < 4.78 is 0. The van der Waals surface area contributed by atoms with Gasteiger partial charge in [-0.2, -0.15) is 0 Å². The van der Waals surface area contributed by atoms with E-state index >= 15 is 0 Å². The van der Waals surface area contributed by atoms with E-state index in [0.717, 1.165) is 24.2 Å². The van der Waals surface area contributed by atoms with Gasteiger partial charge in [0.2, 0.25) is 5.91 Å². The minimum atomic E-state index is -0.353. The Morgan fingerprint density at radius 1 is 1.53 bits per heavy atom. The van der Waals surface area contributed by atoms with Crippen molar-refractivity contribution in [2.45, 2.75) is 25.2 Å². The molecule has 1 unspecified atom stereocenters. The van der Waals surface area contributed by atoms with Crippen LogP contribution in [0.2, 0.25) is 0 Å². The zero-order valence-electron chi connectivity index (χ0n) is 8.58. The molecule has 1 amide bonds. The SMILES string of the molecule is CC1=CCC2(C1)C(=O)Nc1ncccc12. The Hall–Kier alpha value is -1.64. The molecule has 0 fully saturated rings. The second-order valence-corrected chi connectivity index (χ2v) is 4.37. The van der Waals surface area contributed by atoms with Crippen LogP contribution in [-0.2, 0) is 10.2 Å². The number of fused-ring (bicyclic) bond motifs is 2. The van der Waals surface area contributed by atoms with E-state index in [-0.39, 0.29) is 11.3 Å². The van der Waals surface area contributed by atoms with Crippen LogP contribution in [-0.4, -0.2) is 10.9 Å². The molecule has 1 atom stereocenters. The molecule has 1 aliphatic carbocycles. The van der Waals surface area contributed by atoms with Crippen molar-refractivity contribution >= 4 is 11.7 Å². The van der Waals surface area contributed by atoms with Crippen LogP contribution >= 0.6 is 0 Å². The largest absolute Gasteiger partial charge is 0.310 e. The van der Waals surface area contributed by atoms with Crippen LogP contribution in [0.3, 0.4) is 0 Å². The van der Waals surface area contributed by atoms with Crippen molar-refractivity contribution in [2.24, 2.45) is 0 Å². The normalized spacial score (nSPS) is 27.8. The summed E-state index contributed by atoms with van der Waals surface area (Å²) >= 11 is 0. The summed E-state index contributed by atoms with van der Waals surface area (Å²) in [5, 5.41) is 2.87. The van der Waals surface area contributed by atoms with Crippen LogP contribution in [0.15, 0.2) is 30.0 Å². The lowest BCUT2D eigenvalue weighted by Crippen LogP contribution is -2.31. The lowest BCUT2D eigenvalue weighted by Gasteiger charge is -2.20. The van der Waals surface area contributed by atoms with Gasteiger partial charge in [-0.3, -0.25) is 4.79 Å². The lowest BCUT2D eigenvalue weighted by atomic mass is 9.79. The van der Waals surface area contributed by atoms with Crippen molar-refractivity contribution in [1.29, 1.82) is 0 Å². The third-order valence-corrected chi connectivity index (χ3v) is 3.37. The van der Waals surface area contributed by atoms with E-state index in [2.05, 4.69) is 23.3 Å². The van der Waals surface area contributed by atoms with Crippen molar-refractivity contribution in [1.82, 2.24) is 4.98 Å². The molecule has 3 heteroatoms. The smallest absolute Gasteiger partial charge is 0.236 e. The van der Waals surface area contributed by atoms with E-state index in [1.807, 2.05) is 12.1 Å². The summed E-state index contributed by atoms with van der Waals surface area (Å²) in [4.78, 5) is 16.2. The highest BCUT2D eigenvalue weighted by Crippen LogP contribution is 2.47. The molecule has 1 aromatic heterocycles. The summed E-state index contributed by atoms with van der Waals surface area (Å²) in [7, 11) is 0. The first-order valence-corrected chi connectivity index (χ1v) is 5.15. The summed E-state index contributed by atoms with van der Waals surface area (Å²) in [5.41, 5.74) is 2.00. The fourth-order valence-electron chi connectivity index (χ4n) is 2.59. The van der Waals surface area contributed by atoms with Crippen molar-refractivity contribution in [3.63, 3.8) is 0 Å². The second kappa shape index (κ2) is 2.69.